The lowest BCUT2D eigenvalue weighted by molar-refractivity contribution is -0.137. The molecule has 4 atom stereocenters. The van der Waals surface area contributed by atoms with E-state index in [1.807, 2.05) is 0 Å². The van der Waals surface area contributed by atoms with E-state index in [2.05, 4.69) is 15.0 Å². The minimum absolute atomic E-state index is 0.0998. The lowest BCUT2D eigenvalue weighted by Crippen LogP contribution is -2.30. The molecule has 1 fully saturated rings. The molecule has 140 valence electrons. The molecule has 0 bridgehead atoms. The average Bonchev–Trinajstić information content (AvgIpc) is 3.12. The largest absolute Gasteiger partial charge is 0.481 e. The lowest BCUT2D eigenvalue weighted by atomic mass is 10.1. The van der Waals surface area contributed by atoms with Crippen molar-refractivity contribution in [1.29, 1.82) is 0 Å². The van der Waals surface area contributed by atoms with Gasteiger partial charge in [0.05, 0.1) is 12.2 Å². The van der Waals surface area contributed by atoms with Crippen molar-refractivity contribution in [3.05, 3.63) is 24.6 Å². The predicted octanol–water partition coefficient (Wildman–Crippen LogP) is 0.136. The number of nitrogens with two attached hydrogens (primary N) is 1. The molecule has 0 spiro atoms. The summed E-state index contributed by atoms with van der Waals surface area (Å²) in [6, 6.07) is 0. The number of carboxylic acid groups (broad SMARTS) is 1. The number of aliphatic carboxylic acids is 1. The molecule has 0 aliphatic carbocycles. The number of imidazole rings is 1. The van der Waals surface area contributed by atoms with Gasteiger partial charge in [0.25, 0.3) is 0 Å². The van der Waals surface area contributed by atoms with Crippen molar-refractivity contribution in [2.24, 2.45) is 0 Å². The summed E-state index contributed by atoms with van der Waals surface area (Å²) in [6.07, 6.45) is -1.40. The number of nitrogens with zero attached hydrogens (tertiary/aromatic N) is 4. The summed E-state index contributed by atoms with van der Waals surface area (Å²) in [6.45, 7) is 0. The number of aliphatic hydroxyl groups is 2. The van der Waals surface area contributed by atoms with Crippen molar-refractivity contribution >= 4 is 23.0 Å². The first-order valence-electron chi connectivity index (χ1n) is 7.91. The standard InChI is InChI=1S/C15H18FN5O5/c16-7(2-1-3-9(22)23)4-8-11(24)12(25)15(26-8)21-6-20-10-13(17)18-5-19-14(10)21/h4-6,8,11-12,15,24-25H,1-3H2,(H,22,23)(H2,17,18,19)/b7-4+/t8-,11-,12-,15-/m1/s1. The molecule has 2 aromatic heterocycles. The summed E-state index contributed by atoms with van der Waals surface area (Å²) in [5, 5.41) is 29.0. The maximum absolute atomic E-state index is 13.9. The van der Waals surface area contributed by atoms with Crippen LogP contribution in [-0.4, -0.2) is 59.1 Å². The van der Waals surface area contributed by atoms with Gasteiger partial charge in [-0.3, -0.25) is 9.36 Å². The zero-order chi connectivity index (χ0) is 18.8. The Labute approximate surface area is 146 Å². The minimum atomic E-state index is -1.37. The van der Waals surface area contributed by atoms with Crippen LogP contribution in [0.3, 0.4) is 0 Å². The molecule has 1 saturated heterocycles. The van der Waals surface area contributed by atoms with Crippen LogP contribution in [0.2, 0.25) is 0 Å². The molecule has 5 N–H and O–H groups in total. The fourth-order valence-electron chi connectivity index (χ4n) is 2.78. The molecule has 0 unspecified atom stereocenters. The Kier molecular flexibility index (Phi) is 5.11. The number of carbonyl (C=O) groups is 1. The number of nitrogen functional groups attached to an aromatic ring is 1. The minimum Gasteiger partial charge on any atom is -0.481 e. The van der Waals surface area contributed by atoms with Crippen molar-refractivity contribution in [1.82, 2.24) is 19.5 Å². The molecule has 0 aromatic carbocycles. The van der Waals surface area contributed by atoms with E-state index in [1.165, 1.54) is 17.2 Å². The van der Waals surface area contributed by atoms with Gasteiger partial charge in [-0.15, -0.1) is 0 Å². The van der Waals surface area contributed by atoms with Crippen molar-refractivity contribution in [3.8, 4) is 0 Å². The zero-order valence-electron chi connectivity index (χ0n) is 13.6. The summed E-state index contributed by atoms with van der Waals surface area (Å²) in [5.74, 6) is -1.48. The van der Waals surface area contributed by atoms with Gasteiger partial charge in [0, 0.05) is 6.42 Å². The van der Waals surface area contributed by atoms with E-state index in [9.17, 15) is 19.4 Å². The molecule has 1 aliphatic heterocycles. The van der Waals surface area contributed by atoms with Crippen LogP contribution in [0.4, 0.5) is 10.2 Å². The van der Waals surface area contributed by atoms with E-state index in [0.717, 1.165) is 6.08 Å². The van der Waals surface area contributed by atoms with Gasteiger partial charge < -0.3 is 25.8 Å². The second-order valence-electron chi connectivity index (χ2n) is 5.92. The Hall–Kier alpha value is -2.63. The van der Waals surface area contributed by atoms with Crippen LogP contribution in [0.5, 0.6) is 0 Å². The molecule has 1 aliphatic rings. The third-order valence-electron chi connectivity index (χ3n) is 4.09. The molecule has 0 saturated carbocycles. The summed E-state index contributed by atoms with van der Waals surface area (Å²) >= 11 is 0. The van der Waals surface area contributed by atoms with Crippen molar-refractivity contribution < 1.29 is 29.2 Å². The maximum atomic E-state index is 13.9. The normalized spacial score (nSPS) is 26.5. The molecule has 3 heterocycles. The highest BCUT2D eigenvalue weighted by atomic mass is 19.1. The number of allylic oxidation sites excluding steroid dienone is 1. The number of rotatable bonds is 6. The Balaban J connectivity index is 1.77. The topological polar surface area (TPSA) is 157 Å². The summed E-state index contributed by atoms with van der Waals surface area (Å²) in [7, 11) is 0. The number of halogens is 1. The van der Waals surface area contributed by atoms with Gasteiger partial charge in [-0.25, -0.2) is 19.3 Å². The number of hydrogen-bond acceptors (Lipinski definition) is 8. The number of carboxylic acids is 1. The van der Waals surface area contributed by atoms with E-state index >= 15 is 0 Å². The van der Waals surface area contributed by atoms with Crippen LogP contribution in [-0.2, 0) is 9.53 Å². The van der Waals surface area contributed by atoms with Crippen molar-refractivity contribution in [2.75, 3.05) is 5.73 Å². The summed E-state index contributed by atoms with van der Waals surface area (Å²) in [5.41, 5.74) is 6.33. The number of hydrogen-bond donors (Lipinski definition) is 4. The van der Waals surface area contributed by atoms with Crippen molar-refractivity contribution in [3.63, 3.8) is 0 Å². The highest BCUT2D eigenvalue weighted by molar-refractivity contribution is 5.81. The van der Waals surface area contributed by atoms with Gasteiger partial charge in [-0.05, 0) is 18.9 Å². The Morgan fingerprint density at radius 2 is 2.08 bits per heavy atom. The van der Waals surface area contributed by atoms with Crippen LogP contribution in [0, 0.1) is 0 Å². The van der Waals surface area contributed by atoms with Gasteiger partial charge in [0.2, 0.25) is 0 Å². The van der Waals surface area contributed by atoms with Gasteiger partial charge in [0.15, 0.2) is 17.7 Å². The second kappa shape index (κ2) is 7.32. The average molecular weight is 367 g/mol. The molecule has 26 heavy (non-hydrogen) atoms. The number of anilines is 1. The molecular formula is C15H18FN5O5. The fourth-order valence-corrected chi connectivity index (χ4v) is 2.78. The van der Waals surface area contributed by atoms with Crippen LogP contribution in [0.25, 0.3) is 11.2 Å². The van der Waals surface area contributed by atoms with Crippen LogP contribution in [0.1, 0.15) is 25.5 Å². The first kappa shape index (κ1) is 18.2. The van der Waals surface area contributed by atoms with E-state index in [0.29, 0.717) is 11.2 Å². The van der Waals surface area contributed by atoms with Crippen LogP contribution >= 0.6 is 0 Å². The van der Waals surface area contributed by atoms with E-state index in [1.54, 1.807) is 0 Å². The van der Waals surface area contributed by atoms with Gasteiger partial charge in [-0.2, -0.15) is 0 Å². The SMILES string of the molecule is Nc1ncnc2c1ncn2[C@@H]1O[C@H](/C=C(/F)CCCC(=O)O)[C@@H](O)[C@H]1O. The summed E-state index contributed by atoms with van der Waals surface area (Å²) in [4.78, 5) is 22.4. The smallest absolute Gasteiger partial charge is 0.303 e. The van der Waals surface area contributed by atoms with Crippen LogP contribution < -0.4 is 5.73 Å². The Morgan fingerprint density at radius 3 is 2.81 bits per heavy atom. The predicted molar refractivity (Wildman–Crippen MR) is 86.3 cm³/mol. The molecule has 11 heteroatoms. The Bertz CT molecular complexity index is 841. The fraction of sp³-hybridized carbons (Fsp3) is 0.467. The Morgan fingerprint density at radius 1 is 1.31 bits per heavy atom. The van der Waals surface area contributed by atoms with Gasteiger partial charge >= 0.3 is 5.97 Å². The number of aromatic nitrogens is 4. The molecule has 3 rings (SSSR count). The second-order valence-corrected chi connectivity index (χ2v) is 5.92. The van der Waals surface area contributed by atoms with Crippen molar-refractivity contribution in [2.45, 2.75) is 43.8 Å². The van der Waals surface area contributed by atoms with E-state index < -0.39 is 36.3 Å². The first-order chi connectivity index (χ1) is 12.4. The van der Waals surface area contributed by atoms with Crippen LogP contribution in [0.15, 0.2) is 24.6 Å². The quantitative estimate of drug-likeness (QED) is 0.557. The highest BCUT2D eigenvalue weighted by Crippen LogP contribution is 2.33. The first-order valence-corrected chi connectivity index (χ1v) is 7.91. The molecule has 10 nitrogen and oxygen atoms in total. The molecule has 0 radical (unpaired) electrons. The number of fused-ring (bicyclic) bond motifs is 1. The molecular weight excluding hydrogens is 349 g/mol. The monoisotopic (exact) mass is 367 g/mol. The maximum Gasteiger partial charge on any atom is 0.303 e. The molecule has 0 amide bonds. The van der Waals surface area contributed by atoms with E-state index in [4.69, 9.17) is 15.6 Å². The van der Waals surface area contributed by atoms with Gasteiger partial charge in [-0.1, -0.05) is 0 Å². The van der Waals surface area contributed by atoms with E-state index in [-0.39, 0.29) is 25.1 Å². The van der Waals surface area contributed by atoms with Gasteiger partial charge in [0.1, 0.15) is 30.2 Å². The summed E-state index contributed by atoms with van der Waals surface area (Å²) < 4.78 is 20.9. The molecule has 2 aromatic rings. The highest BCUT2D eigenvalue weighted by Gasteiger charge is 2.43. The number of aliphatic hydroxyl groups excluding tert-OH is 2. The lowest BCUT2D eigenvalue weighted by Gasteiger charge is -2.16. The third-order valence-corrected chi connectivity index (χ3v) is 4.09. The zero-order valence-corrected chi connectivity index (χ0v) is 13.6. The number of ether oxygens (including phenoxy) is 1. The third kappa shape index (κ3) is 3.49.